The van der Waals surface area contributed by atoms with Crippen LogP contribution in [0.25, 0.3) is 0 Å². The Morgan fingerprint density at radius 1 is 1.28 bits per heavy atom. The topological polar surface area (TPSA) is 24.9 Å². The van der Waals surface area contributed by atoms with Crippen molar-refractivity contribution in [1.29, 1.82) is 0 Å². The lowest BCUT2D eigenvalue weighted by Gasteiger charge is -2.14. The fourth-order valence-electron chi connectivity index (χ4n) is 1.85. The van der Waals surface area contributed by atoms with Crippen molar-refractivity contribution in [2.75, 3.05) is 7.05 Å². The van der Waals surface area contributed by atoms with Gasteiger partial charge in [-0.1, -0.05) is 0 Å². The van der Waals surface area contributed by atoms with Gasteiger partial charge in [-0.15, -0.1) is 11.3 Å². The van der Waals surface area contributed by atoms with E-state index in [2.05, 4.69) is 10.3 Å². The number of halogens is 2. The van der Waals surface area contributed by atoms with Gasteiger partial charge in [0.05, 0.1) is 5.01 Å². The molecule has 1 aromatic heterocycles. The third-order valence-corrected chi connectivity index (χ3v) is 3.72. The van der Waals surface area contributed by atoms with E-state index in [4.69, 9.17) is 0 Å². The Balaban J connectivity index is 2.20. The van der Waals surface area contributed by atoms with E-state index in [0.29, 0.717) is 12.0 Å². The standard InChI is InChI=1S/C13H14F2N2S/c1-8-17-7-13(18-8)12(16-2)5-9-3-10(14)6-11(15)4-9/h3-4,6-7,12,16H,5H2,1-2H3. The molecule has 2 rings (SSSR count). The molecule has 1 unspecified atom stereocenters. The third kappa shape index (κ3) is 3.11. The summed E-state index contributed by atoms with van der Waals surface area (Å²) in [6, 6.07) is 3.63. The van der Waals surface area contributed by atoms with Crippen molar-refractivity contribution in [3.8, 4) is 0 Å². The highest BCUT2D eigenvalue weighted by atomic mass is 32.1. The average molecular weight is 268 g/mol. The Hall–Kier alpha value is -1.33. The minimum Gasteiger partial charge on any atom is -0.312 e. The Bertz CT molecular complexity index is 519. The largest absolute Gasteiger partial charge is 0.312 e. The van der Waals surface area contributed by atoms with Gasteiger partial charge >= 0.3 is 0 Å². The zero-order chi connectivity index (χ0) is 13.1. The van der Waals surface area contributed by atoms with Gasteiger partial charge in [-0.05, 0) is 38.1 Å². The van der Waals surface area contributed by atoms with Crippen LogP contribution in [0.1, 0.15) is 21.5 Å². The van der Waals surface area contributed by atoms with E-state index in [0.717, 1.165) is 16.0 Å². The molecule has 0 aliphatic carbocycles. The monoisotopic (exact) mass is 268 g/mol. The van der Waals surface area contributed by atoms with Gasteiger partial charge in [-0.3, -0.25) is 0 Å². The molecule has 0 radical (unpaired) electrons. The van der Waals surface area contributed by atoms with E-state index >= 15 is 0 Å². The fraction of sp³-hybridized carbons (Fsp3) is 0.308. The molecule has 1 N–H and O–H groups in total. The Labute approximate surface area is 109 Å². The second-order valence-electron chi connectivity index (χ2n) is 4.10. The van der Waals surface area contributed by atoms with Gasteiger partial charge in [0, 0.05) is 23.2 Å². The molecule has 0 aliphatic rings. The molecule has 0 saturated carbocycles. The molecule has 0 spiro atoms. The maximum atomic E-state index is 13.1. The maximum Gasteiger partial charge on any atom is 0.126 e. The van der Waals surface area contributed by atoms with Crippen LogP contribution in [0.2, 0.25) is 0 Å². The first kappa shape index (κ1) is 13.1. The van der Waals surface area contributed by atoms with Gasteiger partial charge in [0.2, 0.25) is 0 Å². The van der Waals surface area contributed by atoms with Crippen LogP contribution in [0.5, 0.6) is 0 Å². The van der Waals surface area contributed by atoms with Gasteiger partial charge in [0.1, 0.15) is 11.6 Å². The molecule has 0 bridgehead atoms. The molecule has 1 aromatic carbocycles. The fourth-order valence-corrected chi connectivity index (χ4v) is 2.74. The molecule has 2 aromatic rings. The van der Waals surface area contributed by atoms with Gasteiger partial charge in [0.25, 0.3) is 0 Å². The number of hydrogen-bond donors (Lipinski definition) is 1. The zero-order valence-electron chi connectivity index (χ0n) is 10.2. The number of nitrogens with zero attached hydrogens (tertiary/aromatic N) is 1. The molecule has 1 atom stereocenters. The second kappa shape index (κ2) is 5.54. The summed E-state index contributed by atoms with van der Waals surface area (Å²) in [7, 11) is 1.83. The summed E-state index contributed by atoms with van der Waals surface area (Å²) in [6.07, 6.45) is 2.34. The van der Waals surface area contributed by atoms with E-state index < -0.39 is 11.6 Å². The predicted octanol–water partition coefficient (Wildman–Crippen LogP) is 3.23. The van der Waals surface area contributed by atoms with Crippen molar-refractivity contribution in [2.24, 2.45) is 0 Å². The van der Waals surface area contributed by atoms with Crippen LogP contribution in [0.4, 0.5) is 8.78 Å². The predicted molar refractivity (Wildman–Crippen MR) is 68.7 cm³/mol. The van der Waals surface area contributed by atoms with Crippen molar-refractivity contribution < 1.29 is 8.78 Å². The van der Waals surface area contributed by atoms with Gasteiger partial charge < -0.3 is 5.32 Å². The van der Waals surface area contributed by atoms with Crippen LogP contribution in [0.3, 0.4) is 0 Å². The van der Waals surface area contributed by atoms with Crippen LogP contribution < -0.4 is 5.32 Å². The van der Waals surface area contributed by atoms with Crippen LogP contribution in [0.15, 0.2) is 24.4 Å². The van der Waals surface area contributed by atoms with Crippen molar-refractivity contribution in [3.05, 3.63) is 51.5 Å². The first-order valence-corrected chi connectivity index (χ1v) is 6.44. The molecule has 2 nitrogen and oxygen atoms in total. The van der Waals surface area contributed by atoms with Crippen molar-refractivity contribution in [3.63, 3.8) is 0 Å². The van der Waals surface area contributed by atoms with Crippen molar-refractivity contribution in [1.82, 2.24) is 10.3 Å². The molecule has 96 valence electrons. The number of hydrogen-bond acceptors (Lipinski definition) is 3. The number of aryl methyl sites for hydroxylation is 1. The van der Waals surface area contributed by atoms with E-state index in [9.17, 15) is 8.78 Å². The number of likely N-dealkylation sites (N-methyl/N-ethyl adjacent to an activating group) is 1. The molecule has 1 heterocycles. The number of nitrogens with one attached hydrogen (secondary N) is 1. The molecule has 0 aliphatic heterocycles. The number of benzene rings is 1. The molecule has 0 amide bonds. The molecular formula is C13H14F2N2S. The summed E-state index contributed by atoms with van der Waals surface area (Å²) in [4.78, 5) is 5.26. The average Bonchev–Trinajstić information content (AvgIpc) is 2.71. The van der Waals surface area contributed by atoms with Crippen LogP contribution in [-0.4, -0.2) is 12.0 Å². The van der Waals surface area contributed by atoms with Crippen molar-refractivity contribution >= 4 is 11.3 Å². The van der Waals surface area contributed by atoms with Crippen LogP contribution >= 0.6 is 11.3 Å². The summed E-state index contributed by atoms with van der Waals surface area (Å²) < 4.78 is 26.2. The lowest BCUT2D eigenvalue weighted by atomic mass is 10.0. The smallest absolute Gasteiger partial charge is 0.126 e. The molecular weight excluding hydrogens is 254 g/mol. The lowest BCUT2D eigenvalue weighted by Crippen LogP contribution is -2.17. The Morgan fingerprint density at radius 3 is 2.44 bits per heavy atom. The summed E-state index contributed by atoms with van der Waals surface area (Å²) >= 11 is 1.59. The first-order chi connectivity index (χ1) is 8.58. The van der Waals surface area contributed by atoms with Crippen molar-refractivity contribution in [2.45, 2.75) is 19.4 Å². The summed E-state index contributed by atoms with van der Waals surface area (Å²) in [5.74, 6) is -1.08. The van der Waals surface area contributed by atoms with Gasteiger partial charge in [-0.25, -0.2) is 13.8 Å². The van der Waals surface area contributed by atoms with E-state index in [1.807, 2.05) is 14.0 Å². The Morgan fingerprint density at radius 2 is 1.94 bits per heavy atom. The second-order valence-corrected chi connectivity index (χ2v) is 5.37. The maximum absolute atomic E-state index is 13.1. The Kier molecular flexibility index (Phi) is 4.04. The number of rotatable bonds is 4. The summed E-state index contributed by atoms with van der Waals surface area (Å²) in [5.41, 5.74) is 0.637. The van der Waals surface area contributed by atoms with Crippen LogP contribution in [0, 0.1) is 18.6 Å². The van der Waals surface area contributed by atoms with E-state index in [1.165, 1.54) is 12.1 Å². The molecule has 0 saturated heterocycles. The van der Waals surface area contributed by atoms with E-state index in [1.54, 1.807) is 17.5 Å². The van der Waals surface area contributed by atoms with Crippen LogP contribution in [-0.2, 0) is 6.42 Å². The molecule has 0 fully saturated rings. The minimum atomic E-state index is -0.541. The third-order valence-electron chi connectivity index (χ3n) is 2.69. The first-order valence-electron chi connectivity index (χ1n) is 5.63. The quantitative estimate of drug-likeness (QED) is 0.921. The summed E-state index contributed by atoms with van der Waals surface area (Å²) in [6.45, 7) is 1.93. The highest BCUT2D eigenvalue weighted by Crippen LogP contribution is 2.24. The SMILES string of the molecule is CNC(Cc1cc(F)cc(F)c1)c1cnc(C)s1. The number of thiazole rings is 1. The number of aromatic nitrogens is 1. The normalized spacial score (nSPS) is 12.7. The van der Waals surface area contributed by atoms with Gasteiger partial charge in [-0.2, -0.15) is 0 Å². The molecule has 5 heteroatoms. The highest BCUT2D eigenvalue weighted by molar-refractivity contribution is 7.11. The van der Waals surface area contributed by atoms with Gasteiger partial charge in [0.15, 0.2) is 0 Å². The summed E-state index contributed by atoms with van der Waals surface area (Å²) in [5, 5.41) is 4.13. The minimum absolute atomic E-state index is 0.0254. The van der Waals surface area contributed by atoms with E-state index in [-0.39, 0.29) is 6.04 Å². The zero-order valence-corrected chi connectivity index (χ0v) is 11.0. The highest BCUT2D eigenvalue weighted by Gasteiger charge is 2.14. The molecule has 18 heavy (non-hydrogen) atoms. The lowest BCUT2D eigenvalue weighted by molar-refractivity contribution is 0.565.